The maximum Gasteiger partial charge on any atom is 0.262 e. The van der Waals surface area contributed by atoms with Gasteiger partial charge in [-0.2, -0.15) is 5.26 Å². The molecular formula is C28H29N3O5. The molecule has 0 bridgehead atoms. The van der Waals surface area contributed by atoms with Gasteiger partial charge in [0, 0.05) is 24.1 Å². The number of carbonyl (C=O) groups excluding carboxylic acids is 2. The SMILES string of the molecule is COc1cc([C@@H]2C(C#N)=C(N)OC3=C2C(=O)CC(C)(C)C3)ccc1OCC(=O)Nc1cccc(C)c1. The Hall–Kier alpha value is -4.25. The van der Waals surface area contributed by atoms with Crippen LogP contribution in [0, 0.1) is 23.7 Å². The normalized spacial score (nSPS) is 18.6. The summed E-state index contributed by atoms with van der Waals surface area (Å²) in [7, 11) is 1.48. The van der Waals surface area contributed by atoms with E-state index >= 15 is 0 Å². The minimum Gasteiger partial charge on any atom is -0.493 e. The van der Waals surface area contributed by atoms with Crippen molar-refractivity contribution in [2.45, 2.75) is 39.5 Å². The average molecular weight is 488 g/mol. The summed E-state index contributed by atoms with van der Waals surface area (Å²) in [6.45, 7) is 5.71. The lowest BCUT2D eigenvalue weighted by Crippen LogP contribution is -2.33. The molecule has 1 heterocycles. The summed E-state index contributed by atoms with van der Waals surface area (Å²) in [4.78, 5) is 25.5. The van der Waals surface area contributed by atoms with Crippen LogP contribution in [0.25, 0.3) is 0 Å². The summed E-state index contributed by atoms with van der Waals surface area (Å²) < 4.78 is 17.0. The standard InChI is InChI=1S/C28H29N3O5/c1-16-6-5-7-18(10-16)31-24(33)15-35-21-9-8-17(11-22(21)34-4)25-19(14-29)27(30)36-23-13-28(2,3)12-20(32)26(23)25/h5-11,25H,12-13,15,30H2,1-4H3,(H,31,33)/t25-/m1/s1. The van der Waals surface area contributed by atoms with Gasteiger partial charge in [-0.15, -0.1) is 0 Å². The van der Waals surface area contributed by atoms with Gasteiger partial charge < -0.3 is 25.3 Å². The van der Waals surface area contributed by atoms with Crippen molar-refractivity contribution in [3.05, 3.63) is 76.4 Å². The number of ketones is 1. The lowest BCUT2D eigenvalue weighted by Gasteiger charge is -2.37. The first kappa shape index (κ1) is 24.9. The number of anilines is 1. The highest BCUT2D eigenvalue weighted by Crippen LogP contribution is 2.48. The van der Waals surface area contributed by atoms with Gasteiger partial charge in [0.2, 0.25) is 5.88 Å². The Morgan fingerprint density at radius 2 is 2.00 bits per heavy atom. The van der Waals surface area contributed by atoms with Crippen LogP contribution in [0.15, 0.2) is 65.3 Å². The number of rotatable bonds is 6. The van der Waals surface area contributed by atoms with Crippen molar-refractivity contribution >= 4 is 17.4 Å². The number of nitrogens with one attached hydrogen (secondary N) is 1. The number of nitrogens with zero attached hydrogens (tertiary/aromatic N) is 1. The zero-order chi connectivity index (χ0) is 26.0. The molecule has 1 aliphatic heterocycles. The number of hydrogen-bond donors (Lipinski definition) is 2. The monoisotopic (exact) mass is 487 g/mol. The van der Waals surface area contributed by atoms with E-state index in [1.165, 1.54) is 7.11 Å². The second-order valence-electron chi connectivity index (χ2n) is 9.82. The fraction of sp³-hybridized carbons (Fsp3) is 0.321. The number of benzene rings is 2. The molecule has 186 valence electrons. The van der Waals surface area contributed by atoms with Gasteiger partial charge in [-0.05, 0) is 47.7 Å². The molecule has 8 nitrogen and oxygen atoms in total. The Bertz CT molecular complexity index is 1330. The molecular weight excluding hydrogens is 458 g/mol. The molecule has 0 aromatic heterocycles. The van der Waals surface area contributed by atoms with Gasteiger partial charge in [-0.1, -0.05) is 32.0 Å². The van der Waals surface area contributed by atoms with E-state index in [0.717, 1.165) is 5.56 Å². The Labute approximate surface area is 210 Å². The Morgan fingerprint density at radius 3 is 2.69 bits per heavy atom. The molecule has 1 aliphatic carbocycles. The summed E-state index contributed by atoms with van der Waals surface area (Å²) in [5.41, 5.74) is 8.82. The molecule has 0 saturated carbocycles. The molecule has 4 rings (SSSR count). The van der Waals surface area contributed by atoms with Crippen LogP contribution >= 0.6 is 0 Å². The van der Waals surface area contributed by atoms with Gasteiger partial charge in [0.05, 0.1) is 13.0 Å². The first-order chi connectivity index (χ1) is 17.1. The van der Waals surface area contributed by atoms with Gasteiger partial charge in [0.15, 0.2) is 23.9 Å². The summed E-state index contributed by atoms with van der Waals surface area (Å²) in [6.07, 6.45) is 0.886. The van der Waals surface area contributed by atoms with E-state index in [4.69, 9.17) is 19.9 Å². The molecule has 36 heavy (non-hydrogen) atoms. The molecule has 0 fully saturated rings. The number of Topliss-reactive ketones (excluding diaryl/α,β-unsaturated/α-hetero) is 1. The van der Waals surface area contributed by atoms with E-state index < -0.39 is 5.92 Å². The third-order valence-electron chi connectivity index (χ3n) is 6.26. The van der Waals surface area contributed by atoms with Crippen LogP contribution < -0.4 is 20.5 Å². The highest BCUT2D eigenvalue weighted by Gasteiger charge is 2.43. The quantitative estimate of drug-likeness (QED) is 0.616. The van der Waals surface area contributed by atoms with E-state index in [1.54, 1.807) is 24.3 Å². The van der Waals surface area contributed by atoms with Crippen LogP contribution in [0.5, 0.6) is 11.5 Å². The van der Waals surface area contributed by atoms with Gasteiger partial charge in [0.25, 0.3) is 5.91 Å². The van der Waals surface area contributed by atoms with Crippen molar-refractivity contribution in [3.8, 4) is 17.6 Å². The first-order valence-corrected chi connectivity index (χ1v) is 11.6. The molecule has 0 radical (unpaired) electrons. The zero-order valence-corrected chi connectivity index (χ0v) is 20.8. The predicted octanol–water partition coefficient (Wildman–Crippen LogP) is 4.47. The molecule has 1 atom stereocenters. The van der Waals surface area contributed by atoms with Crippen molar-refractivity contribution < 1.29 is 23.8 Å². The smallest absolute Gasteiger partial charge is 0.262 e. The topological polar surface area (TPSA) is 124 Å². The number of hydrogen-bond acceptors (Lipinski definition) is 7. The first-order valence-electron chi connectivity index (χ1n) is 11.6. The second kappa shape index (κ2) is 9.78. The van der Waals surface area contributed by atoms with Gasteiger partial charge >= 0.3 is 0 Å². The van der Waals surface area contributed by atoms with Crippen LogP contribution in [0.4, 0.5) is 5.69 Å². The van der Waals surface area contributed by atoms with Crippen LogP contribution in [-0.4, -0.2) is 25.4 Å². The summed E-state index contributed by atoms with van der Waals surface area (Å²) >= 11 is 0. The van der Waals surface area contributed by atoms with E-state index in [-0.39, 0.29) is 35.2 Å². The number of ether oxygens (including phenoxy) is 3. The van der Waals surface area contributed by atoms with Crippen molar-refractivity contribution in [1.29, 1.82) is 5.26 Å². The Balaban J connectivity index is 1.59. The van der Waals surface area contributed by atoms with E-state index in [0.29, 0.717) is 46.9 Å². The number of carbonyl (C=O) groups is 2. The van der Waals surface area contributed by atoms with E-state index in [2.05, 4.69) is 11.4 Å². The van der Waals surface area contributed by atoms with E-state index in [9.17, 15) is 14.9 Å². The summed E-state index contributed by atoms with van der Waals surface area (Å²) in [5, 5.41) is 12.6. The van der Waals surface area contributed by atoms with Crippen LogP contribution in [-0.2, 0) is 14.3 Å². The summed E-state index contributed by atoms with van der Waals surface area (Å²) in [6, 6.07) is 14.7. The minimum absolute atomic E-state index is 0.00105. The van der Waals surface area contributed by atoms with Crippen LogP contribution in [0.3, 0.4) is 0 Å². The Kier molecular flexibility index (Phi) is 6.75. The molecule has 8 heteroatoms. The van der Waals surface area contributed by atoms with Gasteiger partial charge in [-0.3, -0.25) is 9.59 Å². The molecule has 2 aliphatic rings. The highest BCUT2D eigenvalue weighted by atomic mass is 16.5. The minimum atomic E-state index is -0.671. The Morgan fingerprint density at radius 1 is 1.22 bits per heavy atom. The maximum atomic E-state index is 13.2. The van der Waals surface area contributed by atoms with Crippen LogP contribution in [0.2, 0.25) is 0 Å². The van der Waals surface area contributed by atoms with Crippen molar-refractivity contribution in [2.24, 2.45) is 11.1 Å². The van der Waals surface area contributed by atoms with Gasteiger partial charge in [-0.25, -0.2) is 0 Å². The molecule has 0 saturated heterocycles. The fourth-order valence-corrected chi connectivity index (χ4v) is 4.66. The zero-order valence-electron chi connectivity index (χ0n) is 20.8. The third kappa shape index (κ3) is 5.05. The number of aryl methyl sites for hydroxylation is 1. The largest absolute Gasteiger partial charge is 0.493 e. The molecule has 2 aromatic rings. The predicted molar refractivity (Wildman–Crippen MR) is 134 cm³/mol. The second-order valence-corrected chi connectivity index (χ2v) is 9.82. The number of nitrogens with two attached hydrogens (primary N) is 1. The maximum absolute atomic E-state index is 13.2. The van der Waals surface area contributed by atoms with Gasteiger partial charge in [0.1, 0.15) is 17.4 Å². The fourth-order valence-electron chi connectivity index (χ4n) is 4.66. The molecule has 2 aromatic carbocycles. The number of methoxy groups -OCH3 is 1. The number of allylic oxidation sites excluding steroid dienone is 3. The lowest BCUT2D eigenvalue weighted by atomic mass is 9.70. The average Bonchev–Trinajstić information content (AvgIpc) is 2.81. The molecule has 0 unspecified atom stereocenters. The third-order valence-corrected chi connectivity index (χ3v) is 6.26. The molecule has 1 amide bonds. The molecule has 0 spiro atoms. The summed E-state index contributed by atoms with van der Waals surface area (Å²) in [5.74, 6) is 0.165. The van der Waals surface area contributed by atoms with Crippen molar-refractivity contribution in [2.75, 3.05) is 19.0 Å². The van der Waals surface area contributed by atoms with E-state index in [1.807, 2.05) is 39.0 Å². The van der Waals surface area contributed by atoms with Crippen LogP contribution in [0.1, 0.15) is 43.7 Å². The lowest BCUT2D eigenvalue weighted by molar-refractivity contribution is -0.119. The van der Waals surface area contributed by atoms with Crippen molar-refractivity contribution in [1.82, 2.24) is 0 Å². The number of nitriles is 1. The highest BCUT2D eigenvalue weighted by molar-refractivity contribution is 6.00. The molecule has 3 N–H and O–H groups in total. The van der Waals surface area contributed by atoms with Crippen molar-refractivity contribution in [3.63, 3.8) is 0 Å². The number of amides is 1.